The highest BCUT2D eigenvalue weighted by Gasteiger charge is 2.47. The van der Waals surface area contributed by atoms with Crippen LogP contribution in [0.3, 0.4) is 0 Å². The van der Waals surface area contributed by atoms with Gasteiger partial charge in [-0.05, 0) is 73.1 Å². The number of aliphatic carboxylic acids is 1. The summed E-state index contributed by atoms with van der Waals surface area (Å²) in [4.78, 5) is 16.3. The van der Waals surface area contributed by atoms with E-state index in [1.165, 1.54) is 5.56 Å². The Morgan fingerprint density at radius 1 is 1.45 bits per heavy atom. The largest absolute Gasteiger partial charge is 0.480 e. The molecule has 5 heteroatoms. The molecule has 1 aromatic rings. The van der Waals surface area contributed by atoms with Crippen molar-refractivity contribution in [2.45, 2.75) is 45.2 Å². The lowest BCUT2D eigenvalue weighted by Gasteiger charge is -2.39. The summed E-state index contributed by atoms with van der Waals surface area (Å²) in [6.07, 6.45) is 4.15. The molecule has 1 unspecified atom stereocenters. The minimum absolute atomic E-state index is 0.239. The molecule has 0 bridgehead atoms. The van der Waals surface area contributed by atoms with Gasteiger partial charge in [-0.3, -0.25) is 14.6 Å². The van der Waals surface area contributed by atoms with Crippen LogP contribution in [-0.2, 0) is 11.3 Å². The third-order valence-electron chi connectivity index (χ3n) is 5.30. The summed E-state index contributed by atoms with van der Waals surface area (Å²) in [5.74, 6) is -0.633. The summed E-state index contributed by atoms with van der Waals surface area (Å²) in [6.45, 7) is 7.26. The molecule has 3 rings (SSSR count). The van der Waals surface area contributed by atoms with Crippen LogP contribution in [0, 0.1) is 5.41 Å². The molecule has 1 aromatic heterocycles. The molecule has 2 saturated heterocycles. The van der Waals surface area contributed by atoms with E-state index in [0.29, 0.717) is 0 Å². The van der Waals surface area contributed by atoms with E-state index >= 15 is 0 Å². The smallest absolute Gasteiger partial charge is 0.320 e. The second-order valence-electron chi connectivity index (χ2n) is 6.94. The number of piperidine rings is 1. The number of nitrogens with zero attached hydrogens (tertiary/aromatic N) is 2. The normalized spacial score (nSPS) is 25.8. The van der Waals surface area contributed by atoms with Crippen molar-refractivity contribution < 1.29 is 9.90 Å². The summed E-state index contributed by atoms with van der Waals surface area (Å²) in [7, 11) is 0. The fourth-order valence-electron chi connectivity index (χ4n) is 4.10. The van der Waals surface area contributed by atoms with Gasteiger partial charge in [0.2, 0.25) is 0 Å². The summed E-state index contributed by atoms with van der Waals surface area (Å²) in [6, 6.07) is 1.94. The summed E-state index contributed by atoms with van der Waals surface area (Å²) < 4.78 is 0. The number of carboxylic acid groups (broad SMARTS) is 1. The van der Waals surface area contributed by atoms with Crippen LogP contribution in [-0.4, -0.2) is 53.1 Å². The van der Waals surface area contributed by atoms with E-state index in [4.69, 9.17) is 0 Å². The SMILES string of the molecule is CCCN1CC2(CCN(Cc3ccsc3)CC2)CC1C(=O)O. The monoisotopic (exact) mass is 322 g/mol. The first-order valence-electron chi connectivity index (χ1n) is 8.32. The zero-order valence-corrected chi connectivity index (χ0v) is 14.1. The third-order valence-corrected chi connectivity index (χ3v) is 6.04. The Morgan fingerprint density at radius 2 is 2.23 bits per heavy atom. The topological polar surface area (TPSA) is 43.8 Å². The highest BCUT2D eigenvalue weighted by molar-refractivity contribution is 7.07. The number of carbonyl (C=O) groups is 1. The Labute approximate surface area is 136 Å². The van der Waals surface area contributed by atoms with E-state index in [0.717, 1.165) is 58.4 Å². The van der Waals surface area contributed by atoms with E-state index < -0.39 is 5.97 Å². The molecule has 2 aliphatic heterocycles. The Morgan fingerprint density at radius 3 is 2.82 bits per heavy atom. The lowest BCUT2D eigenvalue weighted by atomic mass is 9.76. The van der Waals surface area contributed by atoms with Crippen molar-refractivity contribution >= 4 is 17.3 Å². The molecule has 0 aliphatic carbocycles. The fourth-order valence-corrected chi connectivity index (χ4v) is 4.76. The zero-order valence-electron chi connectivity index (χ0n) is 13.3. The lowest BCUT2D eigenvalue weighted by Crippen LogP contribution is -2.41. The average molecular weight is 322 g/mol. The fraction of sp³-hybridized carbons (Fsp3) is 0.706. The Kier molecular flexibility index (Phi) is 4.85. The Bertz CT molecular complexity index is 495. The van der Waals surface area contributed by atoms with E-state index in [1.807, 2.05) is 0 Å². The van der Waals surface area contributed by atoms with Gasteiger partial charge in [0, 0.05) is 13.1 Å². The van der Waals surface area contributed by atoms with Gasteiger partial charge in [-0.15, -0.1) is 0 Å². The van der Waals surface area contributed by atoms with Crippen LogP contribution in [0.2, 0.25) is 0 Å². The molecule has 0 amide bonds. The third kappa shape index (κ3) is 3.36. The molecular weight excluding hydrogens is 296 g/mol. The van der Waals surface area contributed by atoms with Crippen LogP contribution < -0.4 is 0 Å². The minimum atomic E-state index is -0.633. The molecule has 0 saturated carbocycles. The summed E-state index contributed by atoms with van der Waals surface area (Å²) in [5, 5.41) is 13.9. The summed E-state index contributed by atoms with van der Waals surface area (Å²) >= 11 is 1.76. The predicted octanol–water partition coefficient (Wildman–Crippen LogP) is 2.90. The standard InChI is InChI=1S/C17H26N2O2S/c1-2-6-19-13-17(10-15(19)16(20)21)4-7-18(8-5-17)11-14-3-9-22-12-14/h3,9,12,15H,2,4-8,10-11,13H2,1H3,(H,20,21). The van der Waals surface area contributed by atoms with Crippen LogP contribution in [0.15, 0.2) is 16.8 Å². The van der Waals surface area contributed by atoms with Gasteiger partial charge in [0.05, 0.1) is 0 Å². The van der Waals surface area contributed by atoms with Crippen molar-refractivity contribution in [3.05, 3.63) is 22.4 Å². The molecule has 1 N–H and O–H groups in total. The van der Waals surface area contributed by atoms with Crippen molar-refractivity contribution in [1.82, 2.24) is 9.80 Å². The Hall–Kier alpha value is -0.910. The van der Waals surface area contributed by atoms with Crippen molar-refractivity contribution in [2.75, 3.05) is 26.2 Å². The van der Waals surface area contributed by atoms with E-state index in [-0.39, 0.29) is 11.5 Å². The van der Waals surface area contributed by atoms with E-state index in [1.54, 1.807) is 11.3 Å². The minimum Gasteiger partial charge on any atom is -0.480 e. The average Bonchev–Trinajstić information content (AvgIpc) is 3.11. The van der Waals surface area contributed by atoms with Crippen molar-refractivity contribution in [2.24, 2.45) is 5.41 Å². The van der Waals surface area contributed by atoms with Gasteiger partial charge in [-0.25, -0.2) is 0 Å². The molecular formula is C17H26N2O2S. The molecule has 0 radical (unpaired) electrons. The zero-order chi connectivity index (χ0) is 15.6. The molecule has 2 aliphatic rings. The molecule has 1 atom stereocenters. The molecule has 22 heavy (non-hydrogen) atoms. The number of rotatable bonds is 5. The number of carboxylic acids is 1. The van der Waals surface area contributed by atoms with E-state index in [9.17, 15) is 9.90 Å². The second kappa shape index (κ2) is 6.69. The molecule has 3 heterocycles. The van der Waals surface area contributed by atoms with Crippen LogP contribution >= 0.6 is 11.3 Å². The highest BCUT2D eigenvalue weighted by atomic mass is 32.1. The number of likely N-dealkylation sites (tertiary alicyclic amines) is 2. The maximum Gasteiger partial charge on any atom is 0.320 e. The molecule has 2 fully saturated rings. The molecule has 0 aromatic carbocycles. The van der Waals surface area contributed by atoms with Crippen molar-refractivity contribution in [3.63, 3.8) is 0 Å². The number of hydrogen-bond acceptors (Lipinski definition) is 4. The van der Waals surface area contributed by atoms with Crippen LogP contribution in [0.1, 0.15) is 38.2 Å². The van der Waals surface area contributed by atoms with Gasteiger partial charge in [-0.1, -0.05) is 6.92 Å². The first-order valence-corrected chi connectivity index (χ1v) is 9.26. The first-order chi connectivity index (χ1) is 10.6. The van der Waals surface area contributed by atoms with Gasteiger partial charge in [0.15, 0.2) is 0 Å². The maximum absolute atomic E-state index is 11.5. The van der Waals surface area contributed by atoms with Gasteiger partial charge in [0.25, 0.3) is 0 Å². The van der Waals surface area contributed by atoms with E-state index in [2.05, 4.69) is 33.6 Å². The Balaban J connectivity index is 1.58. The quantitative estimate of drug-likeness (QED) is 0.905. The van der Waals surface area contributed by atoms with Crippen molar-refractivity contribution in [1.29, 1.82) is 0 Å². The van der Waals surface area contributed by atoms with Gasteiger partial charge < -0.3 is 5.11 Å². The molecule has 1 spiro atoms. The van der Waals surface area contributed by atoms with Gasteiger partial charge in [0.1, 0.15) is 6.04 Å². The predicted molar refractivity (Wildman–Crippen MR) is 89.2 cm³/mol. The number of thiophene rings is 1. The van der Waals surface area contributed by atoms with Gasteiger partial charge in [-0.2, -0.15) is 11.3 Å². The summed E-state index contributed by atoms with van der Waals surface area (Å²) in [5.41, 5.74) is 1.65. The van der Waals surface area contributed by atoms with Crippen LogP contribution in [0.5, 0.6) is 0 Å². The second-order valence-corrected chi connectivity index (χ2v) is 7.72. The van der Waals surface area contributed by atoms with Crippen LogP contribution in [0.4, 0.5) is 0 Å². The van der Waals surface area contributed by atoms with Gasteiger partial charge >= 0.3 is 5.97 Å². The lowest BCUT2D eigenvalue weighted by molar-refractivity contribution is -0.142. The molecule has 4 nitrogen and oxygen atoms in total. The van der Waals surface area contributed by atoms with Crippen molar-refractivity contribution in [3.8, 4) is 0 Å². The van der Waals surface area contributed by atoms with Crippen LogP contribution in [0.25, 0.3) is 0 Å². The maximum atomic E-state index is 11.5. The highest BCUT2D eigenvalue weighted by Crippen LogP contribution is 2.43. The number of hydrogen-bond donors (Lipinski definition) is 1. The first kappa shape index (κ1) is 16.0. The molecule has 122 valence electrons.